The zero-order valence-electron chi connectivity index (χ0n) is 9.64. The molecule has 1 aromatic carbocycles. The van der Waals surface area contributed by atoms with Crippen LogP contribution in [0.15, 0.2) is 18.3 Å². The Morgan fingerprint density at radius 1 is 1.16 bits per heavy atom. The molecule has 0 saturated heterocycles. The SMILES string of the molecule is CNc1ncc(F)c(Nc2c(Cl)cc(F)cc2Cl)n1. The van der Waals surface area contributed by atoms with E-state index in [2.05, 4.69) is 20.6 Å². The Morgan fingerprint density at radius 2 is 1.79 bits per heavy atom. The first kappa shape index (κ1) is 13.8. The maximum atomic E-state index is 13.6. The van der Waals surface area contributed by atoms with Gasteiger partial charge in [-0.05, 0) is 12.1 Å². The van der Waals surface area contributed by atoms with Crippen LogP contribution in [0.2, 0.25) is 10.0 Å². The predicted molar refractivity (Wildman–Crippen MR) is 71.2 cm³/mol. The minimum atomic E-state index is -0.685. The number of aromatic nitrogens is 2. The van der Waals surface area contributed by atoms with Crippen LogP contribution in [-0.4, -0.2) is 17.0 Å². The quantitative estimate of drug-likeness (QED) is 0.904. The molecule has 2 aromatic rings. The first-order valence-electron chi connectivity index (χ1n) is 5.13. The second-order valence-electron chi connectivity index (χ2n) is 3.51. The van der Waals surface area contributed by atoms with Gasteiger partial charge in [-0.3, -0.25) is 0 Å². The first-order valence-corrected chi connectivity index (χ1v) is 5.88. The van der Waals surface area contributed by atoms with Gasteiger partial charge in [-0.2, -0.15) is 4.98 Å². The fraction of sp³-hybridized carbons (Fsp3) is 0.0909. The summed E-state index contributed by atoms with van der Waals surface area (Å²) in [7, 11) is 1.59. The van der Waals surface area contributed by atoms with Crippen LogP contribution in [0.1, 0.15) is 0 Å². The Hall–Kier alpha value is -1.66. The second-order valence-corrected chi connectivity index (χ2v) is 4.32. The van der Waals surface area contributed by atoms with Crippen LogP contribution < -0.4 is 10.6 Å². The molecule has 2 rings (SSSR count). The van der Waals surface area contributed by atoms with E-state index in [0.717, 1.165) is 18.3 Å². The van der Waals surface area contributed by atoms with Crippen molar-refractivity contribution in [1.29, 1.82) is 0 Å². The summed E-state index contributed by atoms with van der Waals surface area (Å²) in [5, 5.41) is 5.32. The number of nitrogens with one attached hydrogen (secondary N) is 2. The zero-order valence-corrected chi connectivity index (χ0v) is 11.2. The molecule has 0 aliphatic rings. The molecule has 1 aromatic heterocycles. The molecule has 100 valence electrons. The minimum Gasteiger partial charge on any atom is -0.357 e. The fourth-order valence-electron chi connectivity index (χ4n) is 1.36. The standard InChI is InChI=1S/C11H8Cl2F2N4/c1-16-11-17-4-8(15)10(19-11)18-9-6(12)2-5(14)3-7(9)13/h2-4H,1H3,(H2,16,17,18,19). The molecule has 0 atom stereocenters. The number of benzene rings is 1. The van der Waals surface area contributed by atoms with E-state index in [0.29, 0.717) is 0 Å². The van der Waals surface area contributed by atoms with Crippen LogP contribution in [0.4, 0.5) is 26.2 Å². The van der Waals surface area contributed by atoms with E-state index in [9.17, 15) is 8.78 Å². The number of hydrogen-bond acceptors (Lipinski definition) is 4. The highest BCUT2D eigenvalue weighted by atomic mass is 35.5. The van der Waals surface area contributed by atoms with Crippen molar-refractivity contribution >= 4 is 40.7 Å². The summed E-state index contributed by atoms with van der Waals surface area (Å²) < 4.78 is 26.6. The Morgan fingerprint density at radius 3 is 2.37 bits per heavy atom. The molecular formula is C11H8Cl2F2N4. The summed E-state index contributed by atoms with van der Waals surface area (Å²) in [4.78, 5) is 7.57. The highest BCUT2D eigenvalue weighted by Gasteiger charge is 2.13. The van der Waals surface area contributed by atoms with E-state index in [1.807, 2.05) is 0 Å². The summed E-state index contributed by atoms with van der Waals surface area (Å²) in [5.41, 5.74) is 0.171. The summed E-state index contributed by atoms with van der Waals surface area (Å²) in [6.07, 6.45) is 0.993. The van der Waals surface area contributed by atoms with Crippen molar-refractivity contribution in [3.05, 3.63) is 40.0 Å². The third-order valence-corrected chi connectivity index (χ3v) is 2.81. The maximum absolute atomic E-state index is 13.6. The average Bonchev–Trinajstić information content (AvgIpc) is 2.35. The topological polar surface area (TPSA) is 49.8 Å². The third kappa shape index (κ3) is 3.02. The molecule has 2 N–H and O–H groups in total. The molecule has 4 nitrogen and oxygen atoms in total. The van der Waals surface area contributed by atoms with E-state index < -0.39 is 11.6 Å². The minimum absolute atomic E-state index is 0.0222. The highest BCUT2D eigenvalue weighted by Crippen LogP contribution is 2.33. The van der Waals surface area contributed by atoms with E-state index in [1.54, 1.807) is 7.05 Å². The fourth-order valence-corrected chi connectivity index (χ4v) is 1.91. The predicted octanol–water partition coefficient (Wildman–Crippen LogP) is 3.85. The smallest absolute Gasteiger partial charge is 0.224 e. The molecule has 0 aliphatic heterocycles. The van der Waals surface area contributed by atoms with Gasteiger partial charge in [-0.25, -0.2) is 13.8 Å². The number of anilines is 3. The second kappa shape index (κ2) is 5.54. The van der Waals surface area contributed by atoms with E-state index >= 15 is 0 Å². The molecule has 0 fully saturated rings. The number of nitrogens with zero attached hydrogens (tertiary/aromatic N) is 2. The highest BCUT2D eigenvalue weighted by molar-refractivity contribution is 6.39. The lowest BCUT2D eigenvalue weighted by Gasteiger charge is -2.11. The van der Waals surface area contributed by atoms with Crippen molar-refractivity contribution in [1.82, 2.24) is 9.97 Å². The average molecular weight is 305 g/mol. The van der Waals surface area contributed by atoms with Gasteiger partial charge < -0.3 is 10.6 Å². The Balaban J connectivity index is 2.41. The van der Waals surface area contributed by atoms with Gasteiger partial charge in [0, 0.05) is 7.05 Å². The molecule has 1 heterocycles. The Labute approximate surface area is 117 Å². The Kier molecular flexibility index (Phi) is 4.01. The third-order valence-electron chi connectivity index (χ3n) is 2.22. The maximum Gasteiger partial charge on any atom is 0.224 e. The first-order chi connectivity index (χ1) is 9.01. The largest absolute Gasteiger partial charge is 0.357 e. The van der Waals surface area contributed by atoms with Gasteiger partial charge in [0.1, 0.15) is 5.82 Å². The lowest BCUT2D eigenvalue weighted by molar-refractivity contribution is 0.619. The van der Waals surface area contributed by atoms with Crippen molar-refractivity contribution in [2.24, 2.45) is 0 Å². The van der Waals surface area contributed by atoms with Gasteiger partial charge in [-0.15, -0.1) is 0 Å². The lowest BCUT2D eigenvalue weighted by Crippen LogP contribution is -2.03. The van der Waals surface area contributed by atoms with Crippen LogP contribution in [0.3, 0.4) is 0 Å². The molecule has 0 spiro atoms. The molecule has 0 bridgehead atoms. The van der Waals surface area contributed by atoms with Crippen molar-refractivity contribution < 1.29 is 8.78 Å². The van der Waals surface area contributed by atoms with Crippen LogP contribution in [0, 0.1) is 11.6 Å². The summed E-state index contributed by atoms with van der Waals surface area (Å²) in [6, 6.07) is 2.13. The van der Waals surface area contributed by atoms with Gasteiger partial charge >= 0.3 is 0 Å². The summed E-state index contributed by atoms with van der Waals surface area (Å²) in [5.74, 6) is -1.16. The van der Waals surface area contributed by atoms with Crippen molar-refractivity contribution in [2.45, 2.75) is 0 Å². The van der Waals surface area contributed by atoms with E-state index in [-0.39, 0.29) is 27.5 Å². The van der Waals surface area contributed by atoms with Gasteiger partial charge in [-0.1, -0.05) is 23.2 Å². The van der Waals surface area contributed by atoms with E-state index in [1.165, 1.54) is 0 Å². The summed E-state index contributed by atoms with van der Waals surface area (Å²) in [6.45, 7) is 0. The lowest BCUT2D eigenvalue weighted by atomic mass is 10.3. The van der Waals surface area contributed by atoms with Gasteiger partial charge in [0.15, 0.2) is 11.6 Å². The molecule has 0 aliphatic carbocycles. The number of halogens is 4. The van der Waals surface area contributed by atoms with Crippen LogP contribution in [0.25, 0.3) is 0 Å². The van der Waals surface area contributed by atoms with Gasteiger partial charge in [0.05, 0.1) is 21.9 Å². The van der Waals surface area contributed by atoms with Crippen molar-refractivity contribution in [3.8, 4) is 0 Å². The van der Waals surface area contributed by atoms with E-state index in [4.69, 9.17) is 23.2 Å². The zero-order chi connectivity index (χ0) is 14.0. The molecule has 0 unspecified atom stereocenters. The molecule has 0 saturated carbocycles. The van der Waals surface area contributed by atoms with Crippen LogP contribution in [0.5, 0.6) is 0 Å². The van der Waals surface area contributed by atoms with Crippen molar-refractivity contribution in [2.75, 3.05) is 17.7 Å². The molecule has 19 heavy (non-hydrogen) atoms. The van der Waals surface area contributed by atoms with Gasteiger partial charge in [0.25, 0.3) is 0 Å². The number of hydrogen-bond donors (Lipinski definition) is 2. The summed E-state index contributed by atoms with van der Waals surface area (Å²) >= 11 is 11.7. The van der Waals surface area contributed by atoms with Crippen LogP contribution >= 0.6 is 23.2 Å². The number of rotatable bonds is 3. The molecular weight excluding hydrogens is 297 g/mol. The molecule has 8 heteroatoms. The van der Waals surface area contributed by atoms with Crippen LogP contribution in [-0.2, 0) is 0 Å². The molecule has 0 amide bonds. The monoisotopic (exact) mass is 304 g/mol. The van der Waals surface area contributed by atoms with Crippen molar-refractivity contribution in [3.63, 3.8) is 0 Å². The van der Waals surface area contributed by atoms with Gasteiger partial charge in [0.2, 0.25) is 5.95 Å². The molecule has 0 radical (unpaired) electrons. The Bertz CT molecular complexity index is 599. The normalized spacial score (nSPS) is 10.4.